The van der Waals surface area contributed by atoms with Gasteiger partial charge in [-0.25, -0.2) is 13.6 Å². The first-order valence-corrected chi connectivity index (χ1v) is 12.4. The van der Waals surface area contributed by atoms with Crippen LogP contribution in [0.25, 0.3) is 0 Å². The molecule has 0 radical (unpaired) electrons. The molecule has 30 heavy (non-hydrogen) atoms. The second kappa shape index (κ2) is 9.84. The molecule has 0 aliphatic heterocycles. The van der Waals surface area contributed by atoms with Gasteiger partial charge in [0.15, 0.2) is 0 Å². The zero-order chi connectivity index (χ0) is 22.5. The van der Waals surface area contributed by atoms with Crippen LogP contribution in [0.3, 0.4) is 0 Å². The number of hydrogen-bond donors (Lipinski definition) is 3. The minimum absolute atomic E-state index is 0.0444. The highest BCUT2D eigenvalue weighted by Crippen LogP contribution is 2.43. The van der Waals surface area contributed by atoms with Crippen molar-refractivity contribution in [2.75, 3.05) is 12.4 Å². The number of hydrogen-bond acceptors (Lipinski definition) is 8. The van der Waals surface area contributed by atoms with Crippen molar-refractivity contribution < 1.29 is 22.7 Å². The van der Waals surface area contributed by atoms with Gasteiger partial charge < -0.3 is 15.8 Å². The van der Waals surface area contributed by atoms with Crippen molar-refractivity contribution in [3.8, 4) is 0 Å². The van der Waals surface area contributed by atoms with Crippen LogP contribution in [-0.4, -0.2) is 38.2 Å². The summed E-state index contributed by atoms with van der Waals surface area (Å²) in [5, 5.41) is 7.81. The maximum absolute atomic E-state index is 12.8. The molecule has 2 aromatic carbocycles. The predicted molar refractivity (Wildman–Crippen MR) is 120 cm³/mol. The first-order chi connectivity index (χ1) is 14.0. The van der Waals surface area contributed by atoms with E-state index >= 15 is 0 Å². The quantitative estimate of drug-likeness (QED) is 0.396. The number of methoxy groups -OCH3 is 1. The molecule has 0 aliphatic rings. The van der Waals surface area contributed by atoms with Crippen molar-refractivity contribution in [3.63, 3.8) is 0 Å². The van der Waals surface area contributed by atoms with Gasteiger partial charge in [0.25, 0.3) is 5.91 Å². The van der Waals surface area contributed by atoms with Crippen molar-refractivity contribution in [1.82, 2.24) is 0 Å². The molecule has 5 N–H and O–H groups in total. The minimum Gasteiger partial charge on any atom is -0.468 e. The molecule has 1 amide bonds. The van der Waals surface area contributed by atoms with Gasteiger partial charge in [0.1, 0.15) is 6.04 Å². The average Bonchev–Trinajstić information content (AvgIpc) is 2.71. The normalized spacial score (nSPS) is 12.8. The van der Waals surface area contributed by atoms with E-state index in [1.54, 1.807) is 24.3 Å². The van der Waals surface area contributed by atoms with Crippen molar-refractivity contribution in [2.45, 2.75) is 34.4 Å². The molecule has 2 rings (SSSR count). The summed E-state index contributed by atoms with van der Waals surface area (Å²) in [6.07, 6.45) is 0. The number of nitrogens with one attached hydrogen (secondary N) is 1. The molecule has 0 aromatic heterocycles. The van der Waals surface area contributed by atoms with E-state index in [9.17, 15) is 18.0 Å². The third kappa shape index (κ3) is 6.22. The lowest BCUT2D eigenvalue weighted by molar-refractivity contribution is -0.142. The minimum atomic E-state index is -3.81. The van der Waals surface area contributed by atoms with E-state index in [-0.39, 0.29) is 10.8 Å². The Balaban J connectivity index is 2.14. The number of amides is 1. The van der Waals surface area contributed by atoms with Gasteiger partial charge in [0.05, 0.1) is 17.6 Å². The van der Waals surface area contributed by atoms with Gasteiger partial charge in [-0.3, -0.25) is 9.59 Å². The maximum Gasteiger partial charge on any atom is 0.324 e. The Morgan fingerprint density at radius 3 is 2.27 bits per heavy atom. The second-order valence-corrected chi connectivity index (χ2v) is 11.2. The van der Waals surface area contributed by atoms with Crippen molar-refractivity contribution in [1.29, 1.82) is 0 Å². The monoisotopic (exact) mass is 469 g/mol. The molecule has 0 fully saturated rings. The number of esters is 1. The Labute approximate surface area is 183 Å². The van der Waals surface area contributed by atoms with Gasteiger partial charge in [-0.2, -0.15) is 0 Å². The van der Waals surface area contributed by atoms with Gasteiger partial charge in [0.2, 0.25) is 10.0 Å². The van der Waals surface area contributed by atoms with E-state index in [1.807, 2.05) is 13.8 Å². The smallest absolute Gasteiger partial charge is 0.324 e. The van der Waals surface area contributed by atoms with Gasteiger partial charge in [-0.15, -0.1) is 0 Å². The number of benzene rings is 2. The number of anilines is 1. The lowest BCUT2D eigenvalue weighted by Gasteiger charge is -2.28. The number of rotatable bonds is 8. The van der Waals surface area contributed by atoms with Gasteiger partial charge in [0, 0.05) is 15.3 Å². The molecule has 0 saturated heterocycles. The third-order valence-corrected chi connectivity index (χ3v) is 8.43. The third-order valence-electron chi connectivity index (χ3n) is 4.12. The van der Waals surface area contributed by atoms with Crippen LogP contribution in [0, 0.1) is 0 Å². The molecular weight excluding hydrogens is 446 g/mol. The standard InChI is InChI=1S/C19H23N3O5S3/c1-19(2,16(20)18(24)27-3)29-28-15-7-5-4-6-14(15)17(23)22-12-8-10-13(11-9-12)30(21,25)26/h4-11,16H,20H2,1-3H3,(H,22,23)(H2,21,25,26). The summed E-state index contributed by atoms with van der Waals surface area (Å²) in [7, 11) is 0.161. The number of carbonyl (C=O) groups excluding carboxylic acids is 2. The van der Waals surface area contributed by atoms with Crippen LogP contribution < -0.4 is 16.2 Å². The lowest BCUT2D eigenvalue weighted by Crippen LogP contribution is -2.47. The highest BCUT2D eigenvalue weighted by Gasteiger charge is 2.34. The van der Waals surface area contributed by atoms with Gasteiger partial charge in [-0.05, 0) is 50.2 Å². The van der Waals surface area contributed by atoms with E-state index in [0.29, 0.717) is 16.1 Å². The van der Waals surface area contributed by atoms with Crippen LogP contribution >= 0.6 is 21.6 Å². The second-order valence-electron chi connectivity index (χ2n) is 6.79. The highest BCUT2D eigenvalue weighted by molar-refractivity contribution is 8.77. The number of carbonyl (C=O) groups is 2. The summed E-state index contributed by atoms with van der Waals surface area (Å²) in [6.45, 7) is 3.64. The SMILES string of the molecule is COC(=O)C(N)C(C)(C)SSc1ccccc1C(=O)Nc1ccc(S(N)(=O)=O)cc1. The lowest BCUT2D eigenvalue weighted by atomic mass is 10.1. The Morgan fingerprint density at radius 2 is 1.70 bits per heavy atom. The van der Waals surface area contributed by atoms with E-state index in [4.69, 9.17) is 15.6 Å². The zero-order valence-corrected chi connectivity index (χ0v) is 19.1. The molecule has 0 bridgehead atoms. The Morgan fingerprint density at radius 1 is 1.10 bits per heavy atom. The molecule has 0 heterocycles. The van der Waals surface area contributed by atoms with Crippen molar-refractivity contribution in [2.24, 2.45) is 10.9 Å². The largest absolute Gasteiger partial charge is 0.468 e. The van der Waals surface area contributed by atoms with Crippen molar-refractivity contribution in [3.05, 3.63) is 54.1 Å². The van der Waals surface area contributed by atoms with Crippen LogP contribution in [0.4, 0.5) is 5.69 Å². The number of nitrogens with two attached hydrogens (primary N) is 2. The first kappa shape index (κ1) is 24.2. The Bertz CT molecular complexity index is 1020. The Hall–Kier alpha value is -2.05. The summed E-state index contributed by atoms with van der Waals surface area (Å²) in [4.78, 5) is 25.2. The number of primary sulfonamides is 1. The van der Waals surface area contributed by atoms with E-state index in [0.717, 1.165) is 0 Å². The fourth-order valence-electron chi connectivity index (χ4n) is 2.27. The van der Waals surface area contributed by atoms with Crippen LogP contribution in [0.2, 0.25) is 0 Å². The fraction of sp³-hybridized carbons (Fsp3) is 0.263. The van der Waals surface area contributed by atoms with Crippen LogP contribution in [-0.2, 0) is 19.6 Å². The predicted octanol–water partition coefficient (Wildman–Crippen LogP) is 2.61. The molecule has 11 heteroatoms. The molecule has 8 nitrogen and oxygen atoms in total. The van der Waals surface area contributed by atoms with E-state index in [2.05, 4.69) is 5.32 Å². The van der Waals surface area contributed by atoms with Crippen LogP contribution in [0.1, 0.15) is 24.2 Å². The summed E-state index contributed by atoms with van der Waals surface area (Å²) >= 11 is 0. The summed E-state index contributed by atoms with van der Waals surface area (Å²) in [5.74, 6) is -0.876. The van der Waals surface area contributed by atoms with E-state index < -0.39 is 26.8 Å². The summed E-state index contributed by atoms with van der Waals surface area (Å²) in [6, 6.07) is 11.7. The topological polar surface area (TPSA) is 142 Å². The van der Waals surface area contributed by atoms with Gasteiger partial charge in [-0.1, -0.05) is 33.7 Å². The maximum atomic E-state index is 12.8. The molecular formula is C19H23N3O5S3. The van der Waals surface area contributed by atoms with Crippen LogP contribution in [0.5, 0.6) is 0 Å². The number of ether oxygens (including phenoxy) is 1. The van der Waals surface area contributed by atoms with Crippen LogP contribution in [0.15, 0.2) is 58.3 Å². The Kier molecular flexibility index (Phi) is 7.94. The summed E-state index contributed by atoms with van der Waals surface area (Å²) in [5.41, 5.74) is 6.82. The molecule has 162 valence electrons. The highest BCUT2D eigenvalue weighted by atomic mass is 33.1. The fourth-order valence-corrected chi connectivity index (χ4v) is 5.33. The zero-order valence-electron chi connectivity index (χ0n) is 16.6. The first-order valence-electron chi connectivity index (χ1n) is 8.68. The number of sulfonamides is 1. The molecule has 0 saturated carbocycles. The molecule has 1 unspecified atom stereocenters. The molecule has 2 aromatic rings. The molecule has 0 spiro atoms. The van der Waals surface area contributed by atoms with Crippen molar-refractivity contribution >= 4 is 49.2 Å². The average molecular weight is 470 g/mol. The molecule has 1 atom stereocenters. The van der Waals surface area contributed by atoms with E-state index in [1.165, 1.54) is 53.0 Å². The summed E-state index contributed by atoms with van der Waals surface area (Å²) < 4.78 is 26.7. The van der Waals surface area contributed by atoms with Gasteiger partial charge >= 0.3 is 5.97 Å². The molecule has 0 aliphatic carbocycles.